The van der Waals surface area contributed by atoms with Crippen molar-refractivity contribution in [2.75, 3.05) is 5.32 Å². The van der Waals surface area contributed by atoms with Crippen molar-refractivity contribution in [3.63, 3.8) is 0 Å². The van der Waals surface area contributed by atoms with Gasteiger partial charge in [-0.25, -0.2) is 8.91 Å². The molecule has 1 aromatic carbocycles. The van der Waals surface area contributed by atoms with Crippen LogP contribution in [0, 0.1) is 11.3 Å². The van der Waals surface area contributed by atoms with Gasteiger partial charge in [0.1, 0.15) is 5.67 Å². The van der Waals surface area contributed by atoms with Gasteiger partial charge >= 0.3 is 0 Å². The van der Waals surface area contributed by atoms with Crippen molar-refractivity contribution in [3.05, 3.63) is 53.9 Å². The van der Waals surface area contributed by atoms with E-state index in [0.717, 1.165) is 17.5 Å². The second-order valence-electron chi connectivity index (χ2n) is 7.38. The molecular formula is C21H20FN5O. The summed E-state index contributed by atoms with van der Waals surface area (Å²) in [6, 6.07) is 10.9. The van der Waals surface area contributed by atoms with E-state index in [1.54, 1.807) is 29.8 Å². The number of hydrogen-bond donors (Lipinski definition) is 2. The van der Waals surface area contributed by atoms with Gasteiger partial charge in [-0.05, 0) is 38.3 Å². The van der Waals surface area contributed by atoms with Crippen molar-refractivity contribution in [2.24, 2.45) is 5.73 Å². The van der Waals surface area contributed by atoms with Crippen molar-refractivity contribution < 1.29 is 9.18 Å². The van der Waals surface area contributed by atoms with Gasteiger partial charge in [-0.2, -0.15) is 10.4 Å². The summed E-state index contributed by atoms with van der Waals surface area (Å²) in [5.74, 6) is -0.628. The van der Waals surface area contributed by atoms with Crippen LogP contribution in [0.4, 0.5) is 10.1 Å². The Kier molecular flexibility index (Phi) is 4.27. The van der Waals surface area contributed by atoms with Crippen LogP contribution in [0.3, 0.4) is 0 Å². The van der Waals surface area contributed by atoms with Crippen molar-refractivity contribution in [2.45, 2.75) is 37.9 Å². The largest absolute Gasteiger partial charge is 0.377 e. The van der Waals surface area contributed by atoms with Gasteiger partial charge in [0, 0.05) is 17.3 Å². The van der Waals surface area contributed by atoms with E-state index in [0.29, 0.717) is 29.6 Å². The third-order valence-corrected chi connectivity index (χ3v) is 5.46. The number of alkyl halides is 1. The van der Waals surface area contributed by atoms with Gasteiger partial charge in [0.15, 0.2) is 0 Å². The molecule has 142 valence electrons. The third kappa shape index (κ3) is 2.97. The molecule has 0 spiro atoms. The number of halogens is 1. The number of amides is 1. The lowest BCUT2D eigenvalue weighted by Crippen LogP contribution is -2.36. The third-order valence-electron chi connectivity index (χ3n) is 5.46. The van der Waals surface area contributed by atoms with Crippen LogP contribution >= 0.6 is 0 Å². The molecule has 4 rings (SSSR count). The minimum absolute atomic E-state index is 0.216. The first kappa shape index (κ1) is 18.0. The molecule has 0 saturated heterocycles. The summed E-state index contributed by atoms with van der Waals surface area (Å²) in [5.41, 5.74) is 7.56. The molecule has 6 nitrogen and oxygen atoms in total. The van der Waals surface area contributed by atoms with E-state index in [1.807, 2.05) is 18.2 Å². The molecular weight excluding hydrogens is 357 g/mol. The zero-order valence-electron chi connectivity index (χ0n) is 15.4. The summed E-state index contributed by atoms with van der Waals surface area (Å²) in [6.07, 6.45) is 5.09. The Labute approximate surface area is 161 Å². The van der Waals surface area contributed by atoms with E-state index in [9.17, 15) is 14.4 Å². The molecule has 1 fully saturated rings. The monoisotopic (exact) mass is 377 g/mol. The van der Waals surface area contributed by atoms with Crippen molar-refractivity contribution in [3.8, 4) is 17.2 Å². The molecule has 2 heterocycles. The second kappa shape index (κ2) is 6.64. The molecule has 3 aromatic rings. The molecule has 1 saturated carbocycles. The SMILES string of the molecule is CC1(F)CCCC1Nc1c(C(N)=O)cnn2cc(-c3ccccc3C#N)cc12. The number of carbonyl (C=O) groups is 1. The molecule has 1 amide bonds. The molecule has 3 N–H and O–H groups in total. The number of hydrogen-bond acceptors (Lipinski definition) is 4. The maximum atomic E-state index is 14.8. The molecule has 2 atom stereocenters. The number of nitriles is 1. The first-order valence-electron chi connectivity index (χ1n) is 9.17. The number of nitrogens with two attached hydrogens (primary N) is 1. The van der Waals surface area contributed by atoms with E-state index in [-0.39, 0.29) is 5.56 Å². The molecule has 28 heavy (non-hydrogen) atoms. The Hall–Kier alpha value is -3.40. The highest BCUT2D eigenvalue weighted by Crippen LogP contribution is 2.37. The van der Waals surface area contributed by atoms with E-state index < -0.39 is 17.6 Å². The maximum absolute atomic E-state index is 14.8. The van der Waals surface area contributed by atoms with Crippen LogP contribution in [0.5, 0.6) is 0 Å². The van der Waals surface area contributed by atoms with E-state index in [1.165, 1.54) is 6.20 Å². The van der Waals surface area contributed by atoms with Crippen LogP contribution < -0.4 is 11.1 Å². The zero-order chi connectivity index (χ0) is 19.9. The molecule has 0 aliphatic heterocycles. The van der Waals surface area contributed by atoms with Gasteiger partial charge in [0.05, 0.1) is 40.6 Å². The lowest BCUT2D eigenvalue weighted by Gasteiger charge is -2.26. The number of carbonyl (C=O) groups excluding carboxylic acids is 1. The van der Waals surface area contributed by atoms with Crippen LogP contribution in [0.2, 0.25) is 0 Å². The summed E-state index contributed by atoms with van der Waals surface area (Å²) in [5, 5.41) is 16.9. The van der Waals surface area contributed by atoms with Crippen molar-refractivity contribution in [1.29, 1.82) is 5.26 Å². The number of fused-ring (bicyclic) bond motifs is 1. The van der Waals surface area contributed by atoms with Crippen LogP contribution in [-0.2, 0) is 0 Å². The second-order valence-corrected chi connectivity index (χ2v) is 7.38. The Balaban J connectivity index is 1.87. The highest BCUT2D eigenvalue weighted by Gasteiger charge is 2.39. The Morgan fingerprint density at radius 2 is 2.25 bits per heavy atom. The fraction of sp³-hybridized carbons (Fsp3) is 0.286. The number of nitrogens with one attached hydrogen (secondary N) is 1. The summed E-state index contributed by atoms with van der Waals surface area (Å²) < 4.78 is 16.4. The highest BCUT2D eigenvalue weighted by molar-refractivity contribution is 6.02. The van der Waals surface area contributed by atoms with E-state index in [2.05, 4.69) is 16.5 Å². The summed E-state index contributed by atoms with van der Waals surface area (Å²) in [4.78, 5) is 12.0. The minimum atomic E-state index is -1.36. The molecule has 2 aromatic heterocycles. The summed E-state index contributed by atoms with van der Waals surface area (Å²) >= 11 is 0. The summed E-state index contributed by atoms with van der Waals surface area (Å²) in [7, 11) is 0. The number of aromatic nitrogens is 2. The van der Waals surface area contributed by atoms with E-state index in [4.69, 9.17) is 5.73 Å². The number of primary amides is 1. The minimum Gasteiger partial charge on any atom is -0.377 e. The first-order chi connectivity index (χ1) is 13.4. The predicted molar refractivity (Wildman–Crippen MR) is 105 cm³/mol. The first-order valence-corrected chi connectivity index (χ1v) is 9.17. The zero-order valence-corrected chi connectivity index (χ0v) is 15.4. The lowest BCUT2D eigenvalue weighted by molar-refractivity contribution is 0.1000. The van der Waals surface area contributed by atoms with Gasteiger partial charge in [0.2, 0.25) is 0 Å². The quantitative estimate of drug-likeness (QED) is 0.725. The summed E-state index contributed by atoms with van der Waals surface area (Å²) in [6.45, 7) is 1.58. The van der Waals surface area contributed by atoms with Gasteiger partial charge < -0.3 is 11.1 Å². The van der Waals surface area contributed by atoms with E-state index >= 15 is 0 Å². The van der Waals surface area contributed by atoms with Crippen molar-refractivity contribution in [1.82, 2.24) is 9.61 Å². The standard InChI is InChI=1S/C21H20FN5O/c1-21(22)8-4-7-18(21)26-19-16(20(24)28)11-25-27-12-14(9-17(19)27)15-6-3-2-5-13(15)10-23/h2-3,5-6,9,11-12,18,26H,4,7-8H2,1H3,(H2,24,28). The average molecular weight is 377 g/mol. The predicted octanol–water partition coefficient (Wildman–Crippen LogP) is 3.66. The van der Waals surface area contributed by atoms with Gasteiger partial charge in [-0.3, -0.25) is 4.79 Å². The van der Waals surface area contributed by atoms with Gasteiger partial charge in [-0.1, -0.05) is 18.2 Å². The van der Waals surface area contributed by atoms with Crippen LogP contribution in [-0.4, -0.2) is 27.2 Å². The normalized spacial score (nSPS) is 21.5. The smallest absolute Gasteiger partial charge is 0.252 e. The molecule has 2 unspecified atom stereocenters. The topological polar surface area (TPSA) is 96.2 Å². The molecule has 1 aliphatic carbocycles. The van der Waals surface area contributed by atoms with Gasteiger partial charge in [-0.15, -0.1) is 0 Å². The molecule has 0 radical (unpaired) electrons. The van der Waals surface area contributed by atoms with Crippen molar-refractivity contribution >= 4 is 17.1 Å². The molecule has 7 heteroatoms. The fourth-order valence-electron chi connectivity index (χ4n) is 3.90. The number of rotatable bonds is 4. The van der Waals surface area contributed by atoms with Crippen LogP contribution in [0.15, 0.2) is 42.7 Å². The number of anilines is 1. The van der Waals surface area contributed by atoms with Gasteiger partial charge in [0.25, 0.3) is 5.91 Å². The maximum Gasteiger partial charge on any atom is 0.252 e. The number of nitrogens with zero attached hydrogens (tertiary/aromatic N) is 3. The van der Waals surface area contributed by atoms with Crippen LogP contribution in [0.25, 0.3) is 16.6 Å². The Bertz CT molecular complexity index is 1110. The highest BCUT2D eigenvalue weighted by atomic mass is 19.1. The average Bonchev–Trinajstić information content (AvgIpc) is 3.25. The molecule has 1 aliphatic rings. The molecule has 0 bridgehead atoms. The fourth-order valence-corrected chi connectivity index (χ4v) is 3.90. The Morgan fingerprint density at radius 1 is 1.46 bits per heavy atom. The number of benzene rings is 1. The lowest BCUT2D eigenvalue weighted by atomic mass is 10.0. The van der Waals surface area contributed by atoms with Crippen LogP contribution in [0.1, 0.15) is 42.1 Å². The Morgan fingerprint density at radius 3 is 2.93 bits per heavy atom.